The van der Waals surface area contributed by atoms with Crippen LogP contribution in [0.15, 0.2) is 38.9 Å². The largest absolute Gasteiger partial charge is 0.497 e. The van der Waals surface area contributed by atoms with Crippen LogP contribution >= 0.6 is 11.8 Å². The van der Waals surface area contributed by atoms with Crippen molar-refractivity contribution in [1.29, 1.82) is 0 Å². The first-order valence-electron chi connectivity index (χ1n) is 9.39. The molecule has 30 heavy (non-hydrogen) atoms. The first-order chi connectivity index (χ1) is 14.3. The van der Waals surface area contributed by atoms with Gasteiger partial charge in [0, 0.05) is 32.3 Å². The highest BCUT2D eigenvalue weighted by Gasteiger charge is 2.18. The molecule has 0 unspecified atom stereocenters. The number of aromatic nitrogens is 4. The van der Waals surface area contributed by atoms with E-state index in [9.17, 15) is 14.4 Å². The molecule has 0 aliphatic rings. The lowest BCUT2D eigenvalue weighted by Crippen LogP contribution is -2.38. The predicted octanol–water partition coefficient (Wildman–Crippen LogP) is 1.72. The van der Waals surface area contributed by atoms with Crippen LogP contribution in [0.4, 0.5) is 5.69 Å². The Labute approximate surface area is 177 Å². The zero-order valence-electron chi connectivity index (χ0n) is 17.3. The fourth-order valence-corrected chi connectivity index (χ4v) is 3.78. The van der Waals surface area contributed by atoms with Crippen LogP contribution in [0.5, 0.6) is 5.75 Å². The highest BCUT2D eigenvalue weighted by Crippen LogP contribution is 2.23. The summed E-state index contributed by atoms with van der Waals surface area (Å²) in [7, 11) is 4.53. The van der Waals surface area contributed by atoms with Crippen LogP contribution in [0.1, 0.15) is 19.2 Å². The molecule has 3 rings (SSSR count). The van der Waals surface area contributed by atoms with Crippen molar-refractivity contribution in [2.45, 2.75) is 24.8 Å². The molecule has 1 amide bonds. The zero-order chi connectivity index (χ0) is 21.8. The van der Waals surface area contributed by atoms with E-state index in [1.54, 1.807) is 38.4 Å². The Morgan fingerprint density at radius 1 is 1.20 bits per heavy atom. The Balaban J connectivity index is 1.93. The Morgan fingerprint density at radius 2 is 1.97 bits per heavy atom. The van der Waals surface area contributed by atoms with Gasteiger partial charge in [-0.3, -0.25) is 18.7 Å². The summed E-state index contributed by atoms with van der Waals surface area (Å²) in [6.07, 6.45) is 1.41. The van der Waals surface area contributed by atoms with Crippen molar-refractivity contribution >= 4 is 34.4 Å². The number of thioether (sulfide) groups is 1. The number of hydrogen-bond acceptors (Lipinski definition) is 7. The predicted molar refractivity (Wildman–Crippen MR) is 116 cm³/mol. The Kier molecular flexibility index (Phi) is 6.56. The monoisotopic (exact) mass is 429 g/mol. The van der Waals surface area contributed by atoms with E-state index in [1.807, 2.05) is 6.92 Å². The summed E-state index contributed by atoms with van der Waals surface area (Å²) in [6, 6.07) is 7.04. The normalized spacial score (nSPS) is 10.9. The summed E-state index contributed by atoms with van der Waals surface area (Å²) in [5, 5.41) is 3.42. The first-order valence-corrected chi connectivity index (χ1v) is 10.4. The number of hydrogen-bond donors (Lipinski definition) is 1. The highest BCUT2D eigenvalue weighted by molar-refractivity contribution is 8.00. The van der Waals surface area contributed by atoms with Crippen LogP contribution in [-0.4, -0.2) is 37.9 Å². The summed E-state index contributed by atoms with van der Waals surface area (Å²) < 4.78 is 7.51. The maximum atomic E-state index is 12.7. The Morgan fingerprint density at radius 3 is 2.67 bits per heavy atom. The van der Waals surface area contributed by atoms with E-state index in [0.29, 0.717) is 28.7 Å². The Bertz CT molecular complexity index is 1220. The van der Waals surface area contributed by atoms with Crippen molar-refractivity contribution < 1.29 is 9.53 Å². The van der Waals surface area contributed by atoms with Crippen LogP contribution in [0, 0.1) is 0 Å². The molecule has 0 saturated heterocycles. The van der Waals surface area contributed by atoms with Crippen molar-refractivity contribution in [1.82, 2.24) is 19.1 Å². The molecule has 10 heteroatoms. The van der Waals surface area contributed by atoms with Crippen LogP contribution in [0.3, 0.4) is 0 Å². The standard InChI is InChI=1S/C20H23N5O4S/c1-5-7-14-22-17-16(19(27)25(3)20(28)24(17)2)18(23-14)30-11-15(26)21-12-8-6-9-13(10-12)29-4/h6,8-10H,5,7,11H2,1-4H3,(H,21,26). The minimum atomic E-state index is -0.480. The lowest BCUT2D eigenvalue weighted by atomic mass is 10.3. The molecule has 0 atom stereocenters. The molecule has 0 radical (unpaired) electrons. The average Bonchev–Trinajstić information content (AvgIpc) is 2.74. The number of carbonyl (C=O) groups is 1. The van der Waals surface area contributed by atoms with Gasteiger partial charge < -0.3 is 10.1 Å². The van der Waals surface area contributed by atoms with Gasteiger partial charge in [-0.25, -0.2) is 14.8 Å². The third-order valence-corrected chi connectivity index (χ3v) is 5.46. The van der Waals surface area contributed by atoms with Crippen LogP contribution in [0.2, 0.25) is 0 Å². The maximum Gasteiger partial charge on any atom is 0.332 e. The van der Waals surface area contributed by atoms with Crippen LogP contribution in [0.25, 0.3) is 11.0 Å². The number of amides is 1. The average molecular weight is 430 g/mol. The lowest BCUT2D eigenvalue weighted by molar-refractivity contribution is -0.113. The van der Waals surface area contributed by atoms with Crippen molar-refractivity contribution in [3.05, 3.63) is 50.9 Å². The number of ether oxygens (including phenoxy) is 1. The second kappa shape index (κ2) is 9.12. The summed E-state index contributed by atoms with van der Waals surface area (Å²) >= 11 is 1.14. The molecule has 0 bridgehead atoms. The summed E-state index contributed by atoms with van der Waals surface area (Å²) in [4.78, 5) is 46.4. The third kappa shape index (κ3) is 4.38. The molecule has 158 valence electrons. The van der Waals surface area contributed by atoms with E-state index in [2.05, 4.69) is 15.3 Å². The summed E-state index contributed by atoms with van der Waals surface area (Å²) in [5.74, 6) is 0.958. The smallest absolute Gasteiger partial charge is 0.332 e. The van der Waals surface area contributed by atoms with Crippen molar-refractivity contribution in [2.24, 2.45) is 14.1 Å². The minimum absolute atomic E-state index is 0.0425. The fraction of sp³-hybridized carbons (Fsp3) is 0.350. The molecule has 3 aromatic rings. The second-order valence-electron chi connectivity index (χ2n) is 6.67. The van der Waals surface area contributed by atoms with Gasteiger partial charge in [-0.05, 0) is 18.6 Å². The van der Waals surface area contributed by atoms with Gasteiger partial charge in [-0.15, -0.1) is 0 Å². The van der Waals surface area contributed by atoms with Gasteiger partial charge in [-0.1, -0.05) is 24.8 Å². The molecule has 9 nitrogen and oxygen atoms in total. The number of fused-ring (bicyclic) bond motifs is 1. The van der Waals surface area contributed by atoms with Crippen molar-refractivity contribution in [2.75, 3.05) is 18.2 Å². The van der Waals surface area contributed by atoms with Crippen LogP contribution in [-0.2, 0) is 25.3 Å². The molecule has 0 saturated carbocycles. The number of aryl methyl sites for hydroxylation is 2. The number of nitrogens with one attached hydrogen (secondary N) is 1. The van der Waals surface area contributed by atoms with E-state index in [-0.39, 0.29) is 22.7 Å². The molecule has 2 aromatic heterocycles. The number of nitrogens with zero attached hydrogens (tertiary/aromatic N) is 4. The molecule has 0 aliphatic heterocycles. The van der Waals surface area contributed by atoms with E-state index in [4.69, 9.17) is 4.74 Å². The lowest BCUT2D eigenvalue weighted by Gasteiger charge is -2.12. The molecular formula is C20H23N5O4S. The number of benzene rings is 1. The molecular weight excluding hydrogens is 406 g/mol. The summed E-state index contributed by atoms with van der Waals surface area (Å²) in [6.45, 7) is 1.99. The molecule has 1 N–H and O–H groups in total. The first kappa shape index (κ1) is 21.6. The van der Waals surface area contributed by atoms with Gasteiger partial charge in [0.05, 0.1) is 12.9 Å². The zero-order valence-corrected chi connectivity index (χ0v) is 18.1. The van der Waals surface area contributed by atoms with Crippen molar-refractivity contribution in [3.8, 4) is 5.75 Å². The van der Waals surface area contributed by atoms with E-state index >= 15 is 0 Å². The minimum Gasteiger partial charge on any atom is -0.497 e. The number of anilines is 1. The number of carbonyl (C=O) groups excluding carboxylic acids is 1. The third-order valence-electron chi connectivity index (χ3n) is 4.48. The van der Waals surface area contributed by atoms with Gasteiger partial charge in [0.2, 0.25) is 5.91 Å². The molecule has 0 aliphatic carbocycles. The van der Waals surface area contributed by atoms with E-state index in [1.165, 1.54) is 11.6 Å². The van der Waals surface area contributed by atoms with Gasteiger partial charge >= 0.3 is 5.69 Å². The number of rotatable bonds is 7. The second-order valence-corrected chi connectivity index (χ2v) is 7.63. The SMILES string of the molecule is CCCc1nc(SCC(=O)Nc2cccc(OC)c2)c2c(=O)n(C)c(=O)n(C)c2n1. The fourth-order valence-electron chi connectivity index (χ4n) is 2.94. The number of methoxy groups -OCH3 is 1. The quantitative estimate of drug-likeness (QED) is 0.450. The molecule has 2 heterocycles. The van der Waals surface area contributed by atoms with Gasteiger partial charge in [-0.2, -0.15) is 0 Å². The van der Waals surface area contributed by atoms with Crippen LogP contribution < -0.4 is 21.3 Å². The van der Waals surface area contributed by atoms with E-state index < -0.39 is 11.2 Å². The van der Waals surface area contributed by atoms with Gasteiger partial charge in [0.1, 0.15) is 22.0 Å². The molecule has 1 aromatic carbocycles. The highest BCUT2D eigenvalue weighted by atomic mass is 32.2. The van der Waals surface area contributed by atoms with Gasteiger partial charge in [0.15, 0.2) is 5.65 Å². The van der Waals surface area contributed by atoms with Gasteiger partial charge in [0.25, 0.3) is 5.56 Å². The topological polar surface area (TPSA) is 108 Å². The van der Waals surface area contributed by atoms with E-state index in [0.717, 1.165) is 22.7 Å². The molecule has 0 spiro atoms. The Hall–Kier alpha value is -3.14. The maximum absolute atomic E-state index is 12.7. The summed E-state index contributed by atoms with van der Waals surface area (Å²) in [5.41, 5.74) is -0.0537. The van der Waals surface area contributed by atoms with Crippen molar-refractivity contribution in [3.63, 3.8) is 0 Å². The molecule has 0 fully saturated rings.